The summed E-state index contributed by atoms with van der Waals surface area (Å²) in [5.74, 6) is 0.0831. The monoisotopic (exact) mass is 241 g/mol. The van der Waals surface area contributed by atoms with Gasteiger partial charge in [-0.1, -0.05) is 30.3 Å². The van der Waals surface area contributed by atoms with Crippen molar-refractivity contribution in [2.24, 2.45) is 0 Å². The van der Waals surface area contributed by atoms with Crippen LogP contribution in [0.3, 0.4) is 0 Å². The van der Waals surface area contributed by atoms with Crippen molar-refractivity contribution in [2.75, 3.05) is 0 Å². The molecule has 0 radical (unpaired) electrons. The molecule has 0 saturated heterocycles. The SMILES string of the molecule is CC(NC(=O)c1ccccc1)c1cccc(O)c1. The van der Waals surface area contributed by atoms with Gasteiger partial charge in [0.2, 0.25) is 0 Å². The van der Waals surface area contributed by atoms with Crippen LogP contribution in [0.25, 0.3) is 0 Å². The Kier molecular flexibility index (Phi) is 3.63. The maximum Gasteiger partial charge on any atom is 0.251 e. The lowest BCUT2D eigenvalue weighted by atomic mass is 10.1. The highest BCUT2D eigenvalue weighted by Crippen LogP contribution is 2.18. The van der Waals surface area contributed by atoms with Crippen molar-refractivity contribution in [2.45, 2.75) is 13.0 Å². The quantitative estimate of drug-likeness (QED) is 0.868. The lowest BCUT2D eigenvalue weighted by Gasteiger charge is -2.14. The Morgan fingerprint density at radius 3 is 2.50 bits per heavy atom. The number of benzene rings is 2. The molecular weight excluding hydrogens is 226 g/mol. The Bertz CT molecular complexity index is 537. The van der Waals surface area contributed by atoms with Crippen LogP contribution in [0.2, 0.25) is 0 Å². The number of aromatic hydroxyl groups is 1. The lowest BCUT2D eigenvalue weighted by molar-refractivity contribution is 0.0940. The zero-order valence-electron chi connectivity index (χ0n) is 10.1. The minimum absolute atomic E-state index is 0.119. The van der Waals surface area contributed by atoms with E-state index < -0.39 is 0 Å². The normalized spacial score (nSPS) is 11.8. The summed E-state index contributed by atoms with van der Waals surface area (Å²) in [6, 6.07) is 15.8. The van der Waals surface area contributed by atoms with Crippen molar-refractivity contribution in [3.63, 3.8) is 0 Å². The topological polar surface area (TPSA) is 49.3 Å². The molecule has 92 valence electrons. The molecular formula is C15H15NO2. The van der Waals surface area contributed by atoms with Crippen molar-refractivity contribution in [3.8, 4) is 5.75 Å². The summed E-state index contributed by atoms with van der Waals surface area (Å²) in [5.41, 5.74) is 1.50. The van der Waals surface area contributed by atoms with Crippen LogP contribution in [0, 0.1) is 0 Å². The second-order valence-corrected chi connectivity index (χ2v) is 4.16. The third kappa shape index (κ3) is 2.88. The van der Waals surface area contributed by atoms with Gasteiger partial charge in [0.25, 0.3) is 5.91 Å². The first-order valence-corrected chi connectivity index (χ1v) is 5.81. The van der Waals surface area contributed by atoms with Gasteiger partial charge in [0.1, 0.15) is 5.75 Å². The van der Waals surface area contributed by atoms with E-state index in [1.54, 1.807) is 30.3 Å². The molecule has 2 aromatic rings. The van der Waals surface area contributed by atoms with Crippen molar-refractivity contribution >= 4 is 5.91 Å². The zero-order valence-corrected chi connectivity index (χ0v) is 10.1. The van der Waals surface area contributed by atoms with Gasteiger partial charge in [-0.2, -0.15) is 0 Å². The summed E-state index contributed by atoms with van der Waals surface area (Å²) in [6.45, 7) is 1.88. The van der Waals surface area contributed by atoms with Gasteiger partial charge in [-0.05, 0) is 36.8 Å². The van der Waals surface area contributed by atoms with E-state index >= 15 is 0 Å². The summed E-state index contributed by atoms with van der Waals surface area (Å²) in [4.78, 5) is 11.9. The molecule has 0 aliphatic carbocycles. The van der Waals surface area contributed by atoms with Gasteiger partial charge in [0.05, 0.1) is 6.04 Å². The van der Waals surface area contributed by atoms with Crippen LogP contribution in [0.5, 0.6) is 5.75 Å². The molecule has 0 aromatic heterocycles. The number of hydrogen-bond acceptors (Lipinski definition) is 2. The van der Waals surface area contributed by atoms with Crippen molar-refractivity contribution in [3.05, 3.63) is 65.7 Å². The first kappa shape index (κ1) is 12.2. The number of carbonyl (C=O) groups is 1. The molecule has 2 N–H and O–H groups in total. The van der Waals surface area contributed by atoms with Gasteiger partial charge in [-0.3, -0.25) is 4.79 Å². The molecule has 2 aromatic carbocycles. The number of phenolic OH excluding ortho intramolecular Hbond substituents is 1. The fraction of sp³-hybridized carbons (Fsp3) is 0.133. The third-order valence-electron chi connectivity index (χ3n) is 2.75. The van der Waals surface area contributed by atoms with Gasteiger partial charge >= 0.3 is 0 Å². The van der Waals surface area contributed by atoms with E-state index in [1.165, 1.54) is 0 Å². The van der Waals surface area contributed by atoms with E-state index in [0.717, 1.165) is 5.56 Å². The fourth-order valence-corrected chi connectivity index (χ4v) is 1.75. The first-order chi connectivity index (χ1) is 8.66. The van der Waals surface area contributed by atoms with E-state index in [1.807, 2.05) is 31.2 Å². The molecule has 0 aliphatic heterocycles. The van der Waals surface area contributed by atoms with Crippen LogP contribution in [-0.4, -0.2) is 11.0 Å². The molecule has 0 fully saturated rings. The van der Waals surface area contributed by atoms with E-state index in [0.29, 0.717) is 5.56 Å². The van der Waals surface area contributed by atoms with Crippen molar-refractivity contribution < 1.29 is 9.90 Å². The van der Waals surface area contributed by atoms with Crippen molar-refractivity contribution in [1.29, 1.82) is 0 Å². The molecule has 1 atom stereocenters. The number of hydrogen-bond donors (Lipinski definition) is 2. The van der Waals surface area contributed by atoms with E-state index in [2.05, 4.69) is 5.32 Å². The van der Waals surface area contributed by atoms with Crippen LogP contribution in [0.15, 0.2) is 54.6 Å². The molecule has 18 heavy (non-hydrogen) atoms. The van der Waals surface area contributed by atoms with Gasteiger partial charge in [0.15, 0.2) is 0 Å². The number of amides is 1. The molecule has 0 heterocycles. The average molecular weight is 241 g/mol. The molecule has 0 spiro atoms. The molecule has 0 saturated carbocycles. The molecule has 1 amide bonds. The number of phenols is 1. The van der Waals surface area contributed by atoms with Crippen LogP contribution < -0.4 is 5.32 Å². The average Bonchev–Trinajstić information content (AvgIpc) is 2.39. The summed E-state index contributed by atoms with van der Waals surface area (Å²) < 4.78 is 0. The van der Waals surface area contributed by atoms with Gasteiger partial charge < -0.3 is 10.4 Å². The second kappa shape index (κ2) is 5.36. The highest BCUT2D eigenvalue weighted by molar-refractivity contribution is 5.94. The summed E-state index contributed by atoms with van der Waals surface area (Å²) in [7, 11) is 0. The number of carbonyl (C=O) groups excluding carboxylic acids is 1. The van der Waals surface area contributed by atoms with Crippen molar-refractivity contribution in [1.82, 2.24) is 5.32 Å². The van der Waals surface area contributed by atoms with Crippen LogP contribution in [-0.2, 0) is 0 Å². The highest BCUT2D eigenvalue weighted by atomic mass is 16.3. The van der Waals surface area contributed by atoms with Crippen LogP contribution >= 0.6 is 0 Å². The number of rotatable bonds is 3. The summed E-state index contributed by atoms with van der Waals surface area (Å²) in [5, 5.41) is 12.3. The zero-order chi connectivity index (χ0) is 13.0. The summed E-state index contributed by atoms with van der Waals surface area (Å²) >= 11 is 0. The Balaban J connectivity index is 2.08. The molecule has 0 bridgehead atoms. The number of nitrogens with one attached hydrogen (secondary N) is 1. The molecule has 2 rings (SSSR count). The molecule has 3 heteroatoms. The predicted molar refractivity (Wildman–Crippen MR) is 70.4 cm³/mol. The summed E-state index contributed by atoms with van der Waals surface area (Å²) in [6.07, 6.45) is 0. The van der Waals surface area contributed by atoms with Gasteiger partial charge in [-0.25, -0.2) is 0 Å². The van der Waals surface area contributed by atoms with Gasteiger partial charge in [0, 0.05) is 5.56 Å². The Hall–Kier alpha value is -2.29. The fourth-order valence-electron chi connectivity index (χ4n) is 1.75. The minimum atomic E-state index is -0.148. The predicted octanol–water partition coefficient (Wildman–Crippen LogP) is 2.88. The largest absolute Gasteiger partial charge is 0.508 e. The maximum absolute atomic E-state index is 11.9. The Labute approximate surface area is 106 Å². The first-order valence-electron chi connectivity index (χ1n) is 5.81. The Morgan fingerprint density at radius 2 is 1.83 bits per heavy atom. The van der Waals surface area contributed by atoms with E-state index in [4.69, 9.17) is 0 Å². The molecule has 3 nitrogen and oxygen atoms in total. The molecule has 0 aliphatic rings. The van der Waals surface area contributed by atoms with Crippen LogP contribution in [0.4, 0.5) is 0 Å². The molecule has 1 unspecified atom stereocenters. The lowest BCUT2D eigenvalue weighted by Crippen LogP contribution is -2.26. The van der Waals surface area contributed by atoms with E-state index in [-0.39, 0.29) is 17.7 Å². The van der Waals surface area contributed by atoms with Crippen LogP contribution in [0.1, 0.15) is 28.9 Å². The Morgan fingerprint density at radius 1 is 1.11 bits per heavy atom. The second-order valence-electron chi connectivity index (χ2n) is 4.16. The van der Waals surface area contributed by atoms with Gasteiger partial charge in [-0.15, -0.1) is 0 Å². The third-order valence-corrected chi connectivity index (χ3v) is 2.75. The minimum Gasteiger partial charge on any atom is -0.508 e. The smallest absolute Gasteiger partial charge is 0.251 e. The maximum atomic E-state index is 11.9. The van der Waals surface area contributed by atoms with E-state index in [9.17, 15) is 9.90 Å². The standard InChI is InChI=1S/C15H15NO2/c1-11(13-8-5-9-14(17)10-13)16-15(18)12-6-3-2-4-7-12/h2-11,17H,1H3,(H,16,18). The highest BCUT2D eigenvalue weighted by Gasteiger charge is 2.11.